The van der Waals surface area contributed by atoms with Crippen LogP contribution in [0.25, 0.3) is 11.6 Å². The van der Waals surface area contributed by atoms with Gasteiger partial charge in [0, 0.05) is 30.1 Å². The second-order valence-corrected chi connectivity index (χ2v) is 8.04. The van der Waals surface area contributed by atoms with Crippen LogP contribution in [0.2, 0.25) is 0 Å². The smallest absolute Gasteiger partial charge is 0.362 e. The maximum Gasteiger partial charge on any atom is 0.362 e. The van der Waals surface area contributed by atoms with Gasteiger partial charge in [0.05, 0.1) is 29.7 Å². The quantitative estimate of drug-likeness (QED) is 0.798. The molecule has 2 N–H and O–H groups in total. The van der Waals surface area contributed by atoms with Crippen LogP contribution in [0.1, 0.15) is 60.3 Å². The third kappa shape index (κ3) is 2.85. The number of esters is 1. The summed E-state index contributed by atoms with van der Waals surface area (Å²) in [6.45, 7) is 2.38. The highest BCUT2D eigenvalue weighted by molar-refractivity contribution is 5.89. The van der Waals surface area contributed by atoms with Gasteiger partial charge in [-0.05, 0) is 32.6 Å². The van der Waals surface area contributed by atoms with Gasteiger partial charge < -0.3 is 15.4 Å². The normalized spacial score (nSPS) is 23.1. The summed E-state index contributed by atoms with van der Waals surface area (Å²) in [6.07, 6.45) is 8.51. The van der Waals surface area contributed by atoms with Crippen molar-refractivity contribution in [3.05, 3.63) is 45.4 Å². The van der Waals surface area contributed by atoms with Gasteiger partial charge in [-0.3, -0.25) is 9.20 Å². The van der Waals surface area contributed by atoms with E-state index in [1.807, 2.05) is 17.1 Å². The fourth-order valence-electron chi connectivity index (χ4n) is 4.58. The molecule has 152 valence electrons. The molecule has 1 saturated heterocycles. The van der Waals surface area contributed by atoms with E-state index >= 15 is 4.39 Å². The fourth-order valence-corrected chi connectivity index (χ4v) is 4.58. The van der Waals surface area contributed by atoms with Crippen LogP contribution in [0, 0.1) is 5.82 Å². The highest BCUT2D eigenvalue weighted by Gasteiger charge is 2.37. The Balaban J connectivity index is 1.82. The molecule has 4 heterocycles. The largest absolute Gasteiger partial charge is 0.461 e. The van der Waals surface area contributed by atoms with Crippen LogP contribution in [-0.2, 0) is 4.74 Å². The SMILES string of the molecule is CCOC(=O)c1nc(C2CC2)c2c3c(c(F)cn2c1=O)N1CC(N)CC1CC=C3. The average Bonchev–Trinajstić information content (AvgIpc) is 3.47. The first-order valence-corrected chi connectivity index (χ1v) is 10.1. The molecule has 0 spiro atoms. The van der Waals surface area contributed by atoms with Gasteiger partial charge in [-0.2, -0.15) is 0 Å². The summed E-state index contributed by atoms with van der Waals surface area (Å²) in [5, 5.41) is 0. The number of anilines is 1. The summed E-state index contributed by atoms with van der Waals surface area (Å²) in [4.78, 5) is 31.8. The molecule has 0 radical (unpaired) electrons. The van der Waals surface area contributed by atoms with Crippen LogP contribution in [0.5, 0.6) is 0 Å². The molecule has 1 aliphatic carbocycles. The summed E-state index contributed by atoms with van der Waals surface area (Å²) in [7, 11) is 0. The fraction of sp³-hybridized carbons (Fsp3) is 0.476. The molecule has 8 heteroatoms. The number of rotatable bonds is 3. The van der Waals surface area contributed by atoms with Gasteiger partial charge >= 0.3 is 5.97 Å². The minimum absolute atomic E-state index is 0.00983. The number of hydrogen-bond donors (Lipinski definition) is 1. The Hall–Kier alpha value is -2.74. The first kappa shape index (κ1) is 18.3. The second-order valence-electron chi connectivity index (χ2n) is 8.04. The van der Waals surface area contributed by atoms with Crippen molar-refractivity contribution >= 4 is 23.2 Å². The highest BCUT2D eigenvalue weighted by Crippen LogP contribution is 2.44. The summed E-state index contributed by atoms with van der Waals surface area (Å²) in [6, 6.07) is 0.131. The van der Waals surface area contributed by atoms with E-state index in [1.54, 1.807) is 6.92 Å². The topological polar surface area (TPSA) is 89.9 Å². The Morgan fingerprint density at radius 1 is 1.41 bits per heavy atom. The monoisotopic (exact) mass is 398 g/mol. The lowest BCUT2D eigenvalue weighted by Gasteiger charge is -2.27. The number of aromatic nitrogens is 2. The standard InChI is InChI=1S/C21H23FN4O3/c1-2-29-21(28)17-20(27)26-10-15(22)18-14(19(26)16(24-17)11-6-7-11)5-3-4-13-8-12(23)9-25(13)18/h3,5,10-13H,2,4,6-9,23H2,1H3. The number of ether oxygens (including phenoxy) is 1. The van der Waals surface area contributed by atoms with Crippen LogP contribution in [0.15, 0.2) is 17.1 Å². The van der Waals surface area contributed by atoms with Gasteiger partial charge in [-0.15, -0.1) is 0 Å². The first-order chi connectivity index (χ1) is 14.0. The van der Waals surface area contributed by atoms with E-state index in [-0.39, 0.29) is 30.3 Å². The van der Waals surface area contributed by atoms with Gasteiger partial charge in [0.15, 0.2) is 5.82 Å². The van der Waals surface area contributed by atoms with Crippen molar-refractivity contribution in [2.45, 2.75) is 50.6 Å². The van der Waals surface area contributed by atoms with Crippen LogP contribution in [0.4, 0.5) is 10.1 Å². The Labute approximate surface area is 167 Å². The molecule has 5 rings (SSSR count). The van der Waals surface area contributed by atoms with Gasteiger partial charge in [0.1, 0.15) is 0 Å². The van der Waals surface area contributed by atoms with E-state index in [4.69, 9.17) is 10.5 Å². The molecule has 7 nitrogen and oxygen atoms in total. The molecule has 0 bridgehead atoms. The zero-order valence-corrected chi connectivity index (χ0v) is 16.2. The highest BCUT2D eigenvalue weighted by atomic mass is 19.1. The lowest BCUT2D eigenvalue weighted by molar-refractivity contribution is 0.0516. The van der Waals surface area contributed by atoms with Crippen molar-refractivity contribution in [1.82, 2.24) is 9.38 Å². The number of carbonyl (C=O) groups excluding carboxylic acids is 1. The summed E-state index contributed by atoms with van der Waals surface area (Å²) in [5.74, 6) is -1.12. The molecule has 2 atom stereocenters. The van der Waals surface area contributed by atoms with Crippen LogP contribution < -0.4 is 16.2 Å². The third-order valence-corrected chi connectivity index (χ3v) is 5.98. The molecule has 2 aliphatic heterocycles. The van der Waals surface area contributed by atoms with Crippen LogP contribution >= 0.6 is 0 Å². The molecule has 0 amide bonds. The van der Waals surface area contributed by atoms with E-state index in [2.05, 4.69) is 4.98 Å². The van der Waals surface area contributed by atoms with Crippen molar-refractivity contribution in [1.29, 1.82) is 0 Å². The second kappa shape index (κ2) is 6.66. The average molecular weight is 398 g/mol. The van der Waals surface area contributed by atoms with Crippen molar-refractivity contribution in [2.75, 3.05) is 18.1 Å². The molecule has 2 fully saturated rings. The zero-order valence-electron chi connectivity index (χ0n) is 16.2. The molecule has 2 aromatic rings. The minimum Gasteiger partial charge on any atom is -0.461 e. The minimum atomic E-state index is -0.773. The number of nitrogens with zero attached hydrogens (tertiary/aromatic N) is 3. The van der Waals surface area contributed by atoms with Crippen molar-refractivity contribution < 1.29 is 13.9 Å². The zero-order chi connectivity index (χ0) is 20.3. The van der Waals surface area contributed by atoms with Crippen molar-refractivity contribution in [2.24, 2.45) is 5.73 Å². The molecule has 0 aromatic carbocycles. The Bertz CT molecular complexity index is 1110. The number of nitrogens with two attached hydrogens (primary N) is 1. The summed E-state index contributed by atoms with van der Waals surface area (Å²) >= 11 is 0. The number of hydrogen-bond acceptors (Lipinski definition) is 6. The van der Waals surface area contributed by atoms with Crippen molar-refractivity contribution in [3.63, 3.8) is 0 Å². The van der Waals surface area contributed by atoms with Gasteiger partial charge in [-0.25, -0.2) is 14.2 Å². The predicted octanol–water partition coefficient (Wildman–Crippen LogP) is 2.21. The van der Waals surface area contributed by atoms with Crippen LogP contribution in [0.3, 0.4) is 0 Å². The number of pyridine rings is 1. The van der Waals surface area contributed by atoms with Gasteiger partial charge in [0.25, 0.3) is 5.56 Å². The maximum absolute atomic E-state index is 15.3. The molecular formula is C21H23FN4O3. The molecule has 2 unspecified atom stereocenters. The number of fused-ring (bicyclic) bond motifs is 5. The molecule has 29 heavy (non-hydrogen) atoms. The first-order valence-electron chi connectivity index (χ1n) is 10.1. The lowest BCUT2D eigenvalue weighted by atomic mass is 10.1. The van der Waals surface area contributed by atoms with E-state index in [0.29, 0.717) is 29.0 Å². The summed E-state index contributed by atoms with van der Waals surface area (Å²) < 4.78 is 21.6. The summed E-state index contributed by atoms with van der Waals surface area (Å²) in [5.41, 5.74) is 7.57. The molecular weight excluding hydrogens is 375 g/mol. The van der Waals surface area contributed by atoms with E-state index < -0.39 is 17.3 Å². The Kier molecular flexibility index (Phi) is 4.20. The molecule has 1 saturated carbocycles. The molecule has 2 aromatic heterocycles. The van der Waals surface area contributed by atoms with Gasteiger partial charge in [-0.1, -0.05) is 12.2 Å². The maximum atomic E-state index is 15.3. The van der Waals surface area contributed by atoms with E-state index in [0.717, 1.165) is 25.7 Å². The number of carbonyl (C=O) groups is 1. The van der Waals surface area contributed by atoms with Crippen LogP contribution in [-0.4, -0.2) is 40.6 Å². The predicted molar refractivity (Wildman–Crippen MR) is 107 cm³/mol. The van der Waals surface area contributed by atoms with Crippen molar-refractivity contribution in [3.8, 4) is 0 Å². The number of halogens is 1. The van der Waals surface area contributed by atoms with E-state index in [9.17, 15) is 9.59 Å². The Morgan fingerprint density at radius 2 is 2.21 bits per heavy atom. The third-order valence-electron chi connectivity index (χ3n) is 5.98. The van der Waals surface area contributed by atoms with E-state index in [1.165, 1.54) is 10.6 Å². The van der Waals surface area contributed by atoms with Gasteiger partial charge in [0.2, 0.25) is 5.69 Å². The Morgan fingerprint density at radius 3 is 2.93 bits per heavy atom. The molecule has 3 aliphatic rings. The lowest BCUT2D eigenvalue weighted by Crippen LogP contribution is -2.33.